The zero-order valence-corrected chi connectivity index (χ0v) is 22.8. The summed E-state index contributed by atoms with van der Waals surface area (Å²) in [6.07, 6.45) is 1.44. The summed E-state index contributed by atoms with van der Waals surface area (Å²) < 4.78 is 22.6. The van der Waals surface area contributed by atoms with E-state index in [4.69, 9.17) is 18.9 Å². The van der Waals surface area contributed by atoms with Crippen molar-refractivity contribution >= 4 is 12.0 Å². The molecule has 0 aliphatic heterocycles. The number of nitrogens with one attached hydrogen (secondary N) is 2. The van der Waals surface area contributed by atoms with E-state index in [0.29, 0.717) is 42.4 Å². The molecule has 2 N–H and O–H groups in total. The molecule has 3 aromatic carbocycles. The number of hydrogen-bond acceptors (Lipinski definition) is 6. The Morgan fingerprint density at radius 3 is 2.05 bits per heavy atom. The van der Waals surface area contributed by atoms with Gasteiger partial charge in [0.1, 0.15) is 23.9 Å². The molecule has 0 radical (unpaired) electrons. The monoisotopic (exact) mass is 532 g/mol. The first kappa shape index (κ1) is 27.8. The average molecular weight is 533 g/mol. The number of alkyl carbamates (subject to hydrolysis) is 1. The molecule has 0 saturated heterocycles. The lowest BCUT2D eigenvalue weighted by Gasteiger charge is -2.17. The molecular formula is C31H36N2O6. The van der Waals surface area contributed by atoms with Crippen LogP contribution in [0.2, 0.25) is 0 Å². The Morgan fingerprint density at radius 1 is 0.846 bits per heavy atom. The minimum Gasteiger partial charge on any atom is -0.496 e. The number of amides is 2. The maximum absolute atomic E-state index is 12.7. The van der Waals surface area contributed by atoms with Gasteiger partial charge in [-0.15, -0.1) is 0 Å². The summed E-state index contributed by atoms with van der Waals surface area (Å²) in [5.74, 6) is 1.70. The smallest absolute Gasteiger partial charge is 0.407 e. The Labute approximate surface area is 229 Å². The van der Waals surface area contributed by atoms with Crippen LogP contribution in [0.1, 0.15) is 48.8 Å². The molecule has 0 atom stereocenters. The number of unbranched alkanes of at least 4 members (excludes halogenated alkanes) is 1. The fourth-order valence-corrected chi connectivity index (χ4v) is 4.89. The Bertz CT molecular complexity index is 1220. The van der Waals surface area contributed by atoms with Crippen molar-refractivity contribution in [3.05, 3.63) is 77.4 Å². The first-order valence-corrected chi connectivity index (χ1v) is 13.3. The lowest BCUT2D eigenvalue weighted by Crippen LogP contribution is -2.26. The maximum atomic E-state index is 12.7. The third kappa shape index (κ3) is 6.82. The summed E-state index contributed by atoms with van der Waals surface area (Å²) in [7, 11) is 3.11. The number of benzene rings is 3. The molecular weight excluding hydrogens is 496 g/mol. The maximum Gasteiger partial charge on any atom is 0.407 e. The molecule has 3 aromatic rings. The van der Waals surface area contributed by atoms with E-state index in [2.05, 4.69) is 34.9 Å². The largest absolute Gasteiger partial charge is 0.496 e. The van der Waals surface area contributed by atoms with Gasteiger partial charge < -0.3 is 29.6 Å². The molecule has 2 amide bonds. The normalized spacial score (nSPS) is 11.8. The van der Waals surface area contributed by atoms with Crippen LogP contribution in [0, 0.1) is 0 Å². The number of ether oxygens (including phenoxy) is 4. The molecule has 0 bridgehead atoms. The molecule has 0 spiro atoms. The van der Waals surface area contributed by atoms with E-state index < -0.39 is 6.09 Å². The van der Waals surface area contributed by atoms with Gasteiger partial charge in [0.2, 0.25) is 5.91 Å². The van der Waals surface area contributed by atoms with Crippen LogP contribution >= 0.6 is 0 Å². The van der Waals surface area contributed by atoms with E-state index in [1.165, 1.54) is 11.1 Å². The highest BCUT2D eigenvalue weighted by molar-refractivity contribution is 5.79. The van der Waals surface area contributed by atoms with Gasteiger partial charge in [-0.05, 0) is 42.0 Å². The predicted molar refractivity (Wildman–Crippen MR) is 149 cm³/mol. The summed E-state index contributed by atoms with van der Waals surface area (Å²) in [6.45, 7) is 3.40. The van der Waals surface area contributed by atoms with Gasteiger partial charge in [0.15, 0.2) is 0 Å². The predicted octanol–water partition coefficient (Wildman–Crippen LogP) is 5.43. The van der Waals surface area contributed by atoms with Gasteiger partial charge in [-0.3, -0.25) is 4.79 Å². The van der Waals surface area contributed by atoms with Crippen LogP contribution in [-0.2, 0) is 16.1 Å². The summed E-state index contributed by atoms with van der Waals surface area (Å²) >= 11 is 0. The summed E-state index contributed by atoms with van der Waals surface area (Å²) in [6, 6.07) is 20.0. The molecule has 0 heterocycles. The highest BCUT2D eigenvalue weighted by Gasteiger charge is 2.29. The van der Waals surface area contributed by atoms with E-state index >= 15 is 0 Å². The number of rotatable bonds is 13. The fourth-order valence-electron chi connectivity index (χ4n) is 4.89. The third-order valence-corrected chi connectivity index (χ3v) is 6.78. The zero-order chi connectivity index (χ0) is 27.6. The number of hydrogen-bond donors (Lipinski definition) is 2. The van der Waals surface area contributed by atoms with Crippen LogP contribution < -0.4 is 24.8 Å². The highest BCUT2D eigenvalue weighted by atomic mass is 16.5. The molecule has 39 heavy (non-hydrogen) atoms. The molecule has 0 unspecified atom stereocenters. The van der Waals surface area contributed by atoms with E-state index in [0.717, 1.165) is 24.0 Å². The Kier molecular flexibility index (Phi) is 9.67. The molecule has 4 rings (SSSR count). The molecule has 206 valence electrons. The van der Waals surface area contributed by atoms with E-state index in [1.54, 1.807) is 26.4 Å². The van der Waals surface area contributed by atoms with E-state index in [1.807, 2.05) is 31.2 Å². The minimum atomic E-state index is -0.520. The summed E-state index contributed by atoms with van der Waals surface area (Å²) in [5, 5.41) is 5.61. The van der Waals surface area contributed by atoms with E-state index in [-0.39, 0.29) is 25.0 Å². The van der Waals surface area contributed by atoms with Crippen LogP contribution in [0.5, 0.6) is 17.2 Å². The van der Waals surface area contributed by atoms with Crippen molar-refractivity contribution in [3.8, 4) is 28.4 Å². The second-order valence-corrected chi connectivity index (χ2v) is 9.24. The Morgan fingerprint density at radius 2 is 1.46 bits per heavy atom. The highest BCUT2D eigenvalue weighted by Crippen LogP contribution is 2.44. The van der Waals surface area contributed by atoms with Gasteiger partial charge in [0.25, 0.3) is 0 Å². The molecule has 1 aliphatic rings. The molecule has 0 aromatic heterocycles. The lowest BCUT2D eigenvalue weighted by atomic mass is 9.98. The van der Waals surface area contributed by atoms with Crippen molar-refractivity contribution in [2.45, 2.75) is 38.6 Å². The molecule has 0 fully saturated rings. The van der Waals surface area contributed by atoms with Crippen molar-refractivity contribution in [1.29, 1.82) is 0 Å². The Hall–Kier alpha value is -4.20. The second-order valence-electron chi connectivity index (χ2n) is 9.24. The SMILES string of the molecule is CCNC(=O)CCCCOc1cc(OC)c(CNC(=O)OCC2c3ccccc3-c3ccccc32)c(OC)c1. The number of carbonyl (C=O) groups excluding carboxylic acids is 2. The van der Waals surface area contributed by atoms with Crippen LogP contribution in [0.15, 0.2) is 60.7 Å². The first-order chi connectivity index (χ1) is 19.0. The second kappa shape index (κ2) is 13.6. The van der Waals surface area contributed by atoms with Crippen LogP contribution in [-0.4, -0.2) is 46.0 Å². The van der Waals surface area contributed by atoms with Crippen molar-refractivity contribution in [1.82, 2.24) is 10.6 Å². The topological polar surface area (TPSA) is 95.1 Å². The summed E-state index contributed by atoms with van der Waals surface area (Å²) in [5.41, 5.74) is 5.36. The number of carbonyl (C=O) groups is 2. The first-order valence-electron chi connectivity index (χ1n) is 13.3. The van der Waals surface area contributed by atoms with Gasteiger partial charge in [-0.25, -0.2) is 4.79 Å². The van der Waals surface area contributed by atoms with Crippen molar-refractivity contribution in [2.75, 3.05) is 34.0 Å². The standard InChI is InChI=1S/C31H36N2O6/c1-4-32-30(34)15-9-10-16-38-21-17-28(36-2)26(29(18-21)37-3)19-33-31(35)39-20-27-24-13-7-5-11-22(24)23-12-6-8-14-25(23)27/h5-8,11-14,17-18,27H,4,9-10,15-16,19-20H2,1-3H3,(H,32,34)(H,33,35). The average Bonchev–Trinajstić information content (AvgIpc) is 3.28. The fraction of sp³-hybridized carbons (Fsp3) is 0.355. The van der Waals surface area contributed by atoms with Gasteiger partial charge in [0, 0.05) is 31.0 Å². The molecule has 8 nitrogen and oxygen atoms in total. The van der Waals surface area contributed by atoms with Crippen LogP contribution in [0.4, 0.5) is 4.79 Å². The van der Waals surface area contributed by atoms with Gasteiger partial charge in [0.05, 0.1) is 32.9 Å². The lowest BCUT2D eigenvalue weighted by molar-refractivity contribution is -0.121. The third-order valence-electron chi connectivity index (χ3n) is 6.78. The van der Waals surface area contributed by atoms with Crippen molar-refractivity contribution in [2.24, 2.45) is 0 Å². The van der Waals surface area contributed by atoms with Gasteiger partial charge in [-0.1, -0.05) is 48.5 Å². The quantitative estimate of drug-likeness (QED) is 0.285. The number of fused-ring (bicyclic) bond motifs is 3. The molecule has 0 saturated carbocycles. The van der Waals surface area contributed by atoms with Gasteiger partial charge in [-0.2, -0.15) is 0 Å². The zero-order valence-electron chi connectivity index (χ0n) is 22.8. The Balaban J connectivity index is 1.32. The molecule has 8 heteroatoms. The number of methoxy groups -OCH3 is 2. The van der Waals surface area contributed by atoms with Gasteiger partial charge >= 0.3 is 6.09 Å². The summed E-state index contributed by atoms with van der Waals surface area (Å²) in [4.78, 5) is 24.3. The van der Waals surface area contributed by atoms with Crippen molar-refractivity contribution < 1.29 is 28.5 Å². The van der Waals surface area contributed by atoms with E-state index in [9.17, 15) is 9.59 Å². The minimum absolute atomic E-state index is 0.00955. The van der Waals surface area contributed by atoms with Crippen molar-refractivity contribution in [3.63, 3.8) is 0 Å². The molecule has 1 aliphatic carbocycles. The van der Waals surface area contributed by atoms with Crippen LogP contribution in [0.3, 0.4) is 0 Å². The van der Waals surface area contributed by atoms with Crippen LogP contribution in [0.25, 0.3) is 11.1 Å².